The van der Waals surface area contributed by atoms with Crippen LogP contribution in [0.15, 0.2) is 52.9 Å². The zero-order valence-corrected chi connectivity index (χ0v) is 16.3. The van der Waals surface area contributed by atoms with E-state index in [9.17, 15) is 14.9 Å². The Morgan fingerprint density at radius 1 is 1.17 bits per heavy atom. The average Bonchev–Trinajstić information content (AvgIpc) is 3.34. The SMILES string of the molecule is Cc1c(C(=O)O[C@@H](C)c2nnc(-c3ccc([N+](=O)[O-])cc3)o2)sc2ccccc12. The molecule has 0 aliphatic heterocycles. The van der Waals surface area contributed by atoms with E-state index < -0.39 is 17.0 Å². The predicted octanol–water partition coefficient (Wildman–Crippen LogP) is 5.09. The third-order valence-electron chi connectivity index (χ3n) is 4.43. The molecule has 0 radical (unpaired) electrons. The lowest BCUT2D eigenvalue weighted by Gasteiger charge is -2.08. The summed E-state index contributed by atoms with van der Waals surface area (Å²) in [4.78, 5) is 23.4. The van der Waals surface area contributed by atoms with Gasteiger partial charge < -0.3 is 9.15 Å². The quantitative estimate of drug-likeness (QED) is 0.257. The summed E-state index contributed by atoms with van der Waals surface area (Å²) >= 11 is 1.38. The Morgan fingerprint density at radius 3 is 2.59 bits per heavy atom. The van der Waals surface area contributed by atoms with Crippen molar-refractivity contribution in [3.63, 3.8) is 0 Å². The van der Waals surface area contributed by atoms with Crippen LogP contribution >= 0.6 is 11.3 Å². The van der Waals surface area contributed by atoms with E-state index in [0.717, 1.165) is 15.6 Å². The summed E-state index contributed by atoms with van der Waals surface area (Å²) in [5.74, 6) is -0.118. The van der Waals surface area contributed by atoms with Gasteiger partial charge in [0.25, 0.3) is 11.6 Å². The molecule has 8 nitrogen and oxygen atoms in total. The highest BCUT2D eigenvalue weighted by Crippen LogP contribution is 2.32. The summed E-state index contributed by atoms with van der Waals surface area (Å²) in [6.45, 7) is 3.53. The Hall–Kier alpha value is -3.59. The number of ether oxygens (including phenoxy) is 1. The molecule has 4 rings (SSSR count). The second kappa shape index (κ2) is 7.44. The van der Waals surface area contributed by atoms with Crippen molar-refractivity contribution in [3.8, 4) is 11.5 Å². The Labute approximate surface area is 168 Å². The molecule has 0 N–H and O–H groups in total. The number of nitro benzene ring substituents is 1. The van der Waals surface area contributed by atoms with Gasteiger partial charge in [-0.05, 0) is 43.0 Å². The minimum absolute atomic E-state index is 0.0329. The molecule has 0 aliphatic carbocycles. The number of carbonyl (C=O) groups is 1. The maximum atomic E-state index is 12.6. The largest absolute Gasteiger partial charge is 0.448 e. The first kappa shape index (κ1) is 18.8. The second-order valence-electron chi connectivity index (χ2n) is 6.35. The predicted molar refractivity (Wildman–Crippen MR) is 107 cm³/mol. The number of nitro groups is 1. The number of fused-ring (bicyclic) bond motifs is 1. The molecule has 4 aromatic rings. The summed E-state index contributed by atoms with van der Waals surface area (Å²) in [6, 6.07) is 13.5. The minimum Gasteiger partial charge on any atom is -0.448 e. The van der Waals surface area contributed by atoms with Crippen LogP contribution in [0.5, 0.6) is 0 Å². The highest BCUT2D eigenvalue weighted by atomic mass is 32.1. The molecule has 2 aromatic heterocycles. The Morgan fingerprint density at radius 2 is 1.90 bits per heavy atom. The Balaban J connectivity index is 1.51. The van der Waals surface area contributed by atoms with Gasteiger partial charge in [-0.2, -0.15) is 0 Å². The molecule has 0 spiro atoms. The van der Waals surface area contributed by atoms with Crippen LogP contribution in [0.1, 0.15) is 34.2 Å². The van der Waals surface area contributed by atoms with Crippen molar-refractivity contribution < 1.29 is 18.9 Å². The maximum absolute atomic E-state index is 12.6. The molecule has 2 heterocycles. The minimum atomic E-state index is -0.744. The van der Waals surface area contributed by atoms with Gasteiger partial charge in [0.1, 0.15) is 4.88 Å². The number of carbonyl (C=O) groups excluding carboxylic acids is 1. The molecule has 9 heteroatoms. The summed E-state index contributed by atoms with van der Waals surface area (Å²) in [6.07, 6.45) is -0.744. The third kappa shape index (κ3) is 3.59. The molecule has 146 valence electrons. The van der Waals surface area contributed by atoms with Gasteiger partial charge in [0.2, 0.25) is 5.89 Å². The van der Waals surface area contributed by atoms with E-state index in [-0.39, 0.29) is 17.5 Å². The molecule has 0 fully saturated rings. The monoisotopic (exact) mass is 409 g/mol. The summed E-state index contributed by atoms with van der Waals surface area (Å²) in [5.41, 5.74) is 1.38. The average molecular weight is 409 g/mol. The number of hydrogen-bond acceptors (Lipinski definition) is 8. The van der Waals surface area contributed by atoms with Crippen molar-refractivity contribution in [2.24, 2.45) is 0 Å². The molecule has 0 bridgehead atoms. The maximum Gasteiger partial charge on any atom is 0.349 e. The Bertz CT molecular complexity index is 1210. The lowest BCUT2D eigenvalue weighted by atomic mass is 10.1. The van der Waals surface area contributed by atoms with Crippen LogP contribution in [-0.2, 0) is 4.74 Å². The smallest absolute Gasteiger partial charge is 0.349 e. The molecule has 1 atom stereocenters. The number of benzene rings is 2. The first-order valence-corrected chi connectivity index (χ1v) is 9.53. The van der Waals surface area contributed by atoms with Gasteiger partial charge in [-0.1, -0.05) is 18.2 Å². The van der Waals surface area contributed by atoms with Crippen LogP contribution in [0.3, 0.4) is 0 Å². The summed E-state index contributed by atoms with van der Waals surface area (Å²) in [7, 11) is 0. The molecule has 2 aromatic carbocycles. The fourth-order valence-corrected chi connectivity index (χ4v) is 3.97. The topological polar surface area (TPSA) is 108 Å². The van der Waals surface area contributed by atoms with E-state index in [0.29, 0.717) is 10.4 Å². The van der Waals surface area contributed by atoms with Crippen LogP contribution in [-0.4, -0.2) is 21.1 Å². The molecule has 0 aliphatic rings. The van der Waals surface area contributed by atoms with Crippen LogP contribution in [0.2, 0.25) is 0 Å². The van der Waals surface area contributed by atoms with Gasteiger partial charge in [-0.15, -0.1) is 21.5 Å². The Kier molecular flexibility index (Phi) is 4.81. The highest BCUT2D eigenvalue weighted by molar-refractivity contribution is 7.21. The van der Waals surface area contributed by atoms with Crippen molar-refractivity contribution in [3.05, 3.63) is 75.0 Å². The number of nitrogens with zero attached hydrogens (tertiary/aromatic N) is 3. The van der Waals surface area contributed by atoms with E-state index in [2.05, 4.69) is 10.2 Å². The lowest BCUT2D eigenvalue weighted by molar-refractivity contribution is -0.384. The van der Waals surface area contributed by atoms with Crippen molar-refractivity contribution in [2.75, 3.05) is 0 Å². The van der Waals surface area contributed by atoms with Crippen LogP contribution in [0.4, 0.5) is 5.69 Å². The molecule has 29 heavy (non-hydrogen) atoms. The molecule has 0 saturated heterocycles. The number of non-ortho nitro benzene ring substituents is 1. The number of aromatic nitrogens is 2. The lowest BCUT2D eigenvalue weighted by Crippen LogP contribution is -2.09. The van der Waals surface area contributed by atoms with Gasteiger partial charge in [-0.25, -0.2) is 4.79 Å². The van der Waals surface area contributed by atoms with Crippen molar-refractivity contribution >= 4 is 33.1 Å². The van der Waals surface area contributed by atoms with Gasteiger partial charge in [0, 0.05) is 22.4 Å². The molecular formula is C20H15N3O5S. The van der Waals surface area contributed by atoms with Gasteiger partial charge in [-0.3, -0.25) is 10.1 Å². The number of aryl methyl sites for hydroxylation is 1. The second-order valence-corrected chi connectivity index (χ2v) is 7.40. The first-order valence-electron chi connectivity index (χ1n) is 8.71. The molecular weight excluding hydrogens is 394 g/mol. The third-order valence-corrected chi connectivity index (χ3v) is 5.68. The van der Waals surface area contributed by atoms with E-state index in [1.807, 2.05) is 31.2 Å². The van der Waals surface area contributed by atoms with Crippen molar-refractivity contribution in [1.29, 1.82) is 0 Å². The first-order chi connectivity index (χ1) is 13.9. The summed E-state index contributed by atoms with van der Waals surface area (Å²) < 4.78 is 12.1. The fraction of sp³-hybridized carbons (Fsp3) is 0.150. The van der Waals surface area contributed by atoms with Crippen molar-refractivity contribution in [1.82, 2.24) is 10.2 Å². The van der Waals surface area contributed by atoms with Crippen LogP contribution in [0, 0.1) is 17.0 Å². The molecule has 0 amide bonds. The number of rotatable bonds is 5. The van der Waals surface area contributed by atoms with Gasteiger partial charge in [0.05, 0.1) is 4.92 Å². The number of hydrogen-bond donors (Lipinski definition) is 0. The van der Waals surface area contributed by atoms with Crippen molar-refractivity contribution in [2.45, 2.75) is 20.0 Å². The zero-order chi connectivity index (χ0) is 20.5. The molecule has 0 unspecified atom stereocenters. The normalized spacial score (nSPS) is 12.1. The van der Waals surface area contributed by atoms with Gasteiger partial charge in [0.15, 0.2) is 6.10 Å². The van der Waals surface area contributed by atoms with E-state index in [4.69, 9.17) is 9.15 Å². The van der Waals surface area contributed by atoms with Crippen LogP contribution in [0.25, 0.3) is 21.5 Å². The zero-order valence-electron chi connectivity index (χ0n) is 15.5. The number of thiophene rings is 1. The highest BCUT2D eigenvalue weighted by Gasteiger charge is 2.23. The fourth-order valence-electron chi connectivity index (χ4n) is 2.87. The van der Waals surface area contributed by atoms with E-state index in [1.54, 1.807) is 6.92 Å². The van der Waals surface area contributed by atoms with Crippen LogP contribution < -0.4 is 0 Å². The van der Waals surface area contributed by atoms with E-state index in [1.165, 1.54) is 35.6 Å². The summed E-state index contributed by atoms with van der Waals surface area (Å²) in [5, 5.41) is 19.6. The molecule has 0 saturated carbocycles. The standard InChI is InChI=1S/C20H15N3O5S/c1-11-15-5-3-4-6-16(15)29-17(11)20(24)27-12(2)18-21-22-19(28-18)13-7-9-14(10-8-13)23(25)26/h3-10,12H,1-2H3/t12-/m0/s1. The van der Waals surface area contributed by atoms with Gasteiger partial charge >= 0.3 is 5.97 Å². The number of esters is 1. The van der Waals surface area contributed by atoms with E-state index >= 15 is 0 Å².